The summed E-state index contributed by atoms with van der Waals surface area (Å²) in [6.45, 7) is 15.7. The van der Waals surface area contributed by atoms with E-state index in [1.165, 1.54) is 15.3 Å². The monoisotopic (exact) mass is 910 g/mol. The number of carbonyl (C=O) groups is 2. The van der Waals surface area contributed by atoms with Crippen molar-refractivity contribution in [3.63, 3.8) is 0 Å². The summed E-state index contributed by atoms with van der Waals surface area (Å²) in [7, 11) is 0. The summed E-state index contributed by atoms with van der Waals surface area (Å²) in [5, 5.41) is 38.9. The van der Waals surface area contributed by atoms with Crippen LogP contribution in [0.25, 0.3) is 43.2 Å². The maximum atomic E-state index is 14.5. The number of aliphatic hydroxyl groups excluding tert-OH is 1. The topological polar surface area (TPSA) is 171 Å². The molecule has 2 aliphatic heterocycles. The Bertz CT molecular complexity index is 2880. The third-order valence-corrected chi connectivity index (χ3v) is 15.6. The van der Waals surface area contributed by atoms with E-state index >= 15 is 0 Å². The van der Waals surface area contributed by atoms with Gasteiger partial charge in [0.05, 0.1) is 33.9 Å². The minimum absolute atomic E-state index is 0.0549. The Kier molecular flexibility index (Phi) is 12.3. The summed E-state index contributed by atoms with van der Waals surface area (Å²) in [5.74, 6) is 0.458. The molecule has 7 heterocycles. The minimum atomic E-state index is -0.834. The molecule has 13 nitrogen and oxygen atoms in total. The van der Waals surface area contributed by atoms with Gasteiger partial charge >= 0.3 is 0 Å². The van der Waals surface area contributed by atoms with Crippen LogP contribution in [0.15, 0.2) is 76.8 Å². The molecule has 5 aromatic heterocycles. The minimum Gasteiger partial charge on any atom is -0.507 e. The van der Waals surface area contributed by atoms with Crippen molar-refractivity contribution in [1.29, 1.82) is 0 Å². The van der Waals surface area contributed by atoms with Gasteiger partial charge in [-0.3, -0.25) is 9.59 Å². The maximum absolute atomic E-state index is 14.5. The average Bonchev–Trinajstić information content (AvgIpc) is 4.09. The number of aryl methyl sites for hydroxylation is 3. The van der Waals surface area contributed by atoms with E-state index in [-0.39, 0.29) is 42.5 Å². The number of aromatic hydroxyl groups is 1. The van der Waals surface area contributed by atoms with Crippen molar-refractivity contribution < 1.29 is 24.3 Å². The highest BCUT2D eigenvalue weighted by Crippen LogP contribution is 2.42. The number of nitrogens with zero attached hydrogens (tertiary/aromatic N) is 7. The molecule has 336 valence electrons. The number of rotatable bonds is 11. The number of carbonyl (C=O) groups excluding carboxylic acids is 2. The van der Waals surface area contributed by atoms with Crippen LogP contribution < -0.4 is 10.2 Å². The molecule has 3 N–H and O–H groups in total. The number of hydrogen-bond donors (Lipinski definition) is 3. The van der Waals surface area contributed by atoms with Gasteiger partial charge < -0.3 is 29.9 Å². The fourth-order valence-electron chi connectivity index (χ4n) is 9.56. The van der Waals surface area contributed by atoms with Gasteiger partial charge in [-0.25, -0.2) is 9.97 Å². The standard InChI is InChI=1S/C50H54N8O5S2/c1-26(2)43(50(62)58-24-35(59)22-40(58)48(61)53-29(5)32-12-14-33(15-13-32)47-31(7)51-25-64-47)45-28(4)44(56-63-45)36-16-17-42(52-30(36)6)57-20-18-34(19-21-57)46-27(3)38-23-39(54-55-49(38)65-46)37-10-8-9-11-41(37)60/h8-17,23,25-26,29,34-35,40,43,59-60H,18-22,24H2,1-7H3,(H,53,61)/t29-,35+,40-,43+/m0/s1. The fraction of sp³-hybridized carbons (Fsp3) is 0.380. The highest BCUT2D eigenvalue weighted by Gasteiger charge is 2.44. The van der Waals surface area contributed by atoms with Crippen molar-refractivity contribution in [2.24, 2.45) is 5.92 Å². The second kappa shape index (κ2) is 18.1. The number of thiophene rings is 1. The molecule has 15 heteroatoms. The highest BCUT2D eigenvalue weighted by atomic mass is 32.1. The number of nitrogens with one attached hydrogen (secondary N) is 1. The molecule has 0 unspecified atom stereocenters. The summed E-state index contributed by atoms with van der Waals surface area (Å²) in [6, 6.07) is 20.2. The lowest BCUT2D eigenvalue weighted by atomic mass is 9.88. The van der Waals surface area contributed by atoms with Gasteiger partial charge in [-0.05, 0) is 106 Å². The molecule has 4 atom stereocenters. The van der Waals surface area contributed by atoms with Gasteiger partial charge in [-0.15, -0.1) is 32.9 Å². The fourth-order valence-corrected chi connectivity index (χ4v) is 11.7. The van der Waals surface area contributed by atoms with Crippen LogP contribution in [0.1, 0.15) is 96.6 Å². The normalized spacial score (nSPS) is 17.9. The molecule has 0 radical (unpaired) electrons. The van der Waals surface area contributed by atoms with Crippen molar-refractivity contribution >= 4 is 50.5 Å². The number of likely N-dealkylation sites (tertiary alicyclic amines) is 1. The molecule has 0 spiro atoms. The molecular formula is C50H54N8O5S2. The zero-order valence-corrected chi connectivity index (χ0v) is 39.3. The van der Waals surface area contributed by atoms with E-state index in [0.717, 1.165) is 80.5 Å². The molecule has 0 bridgehead atoms. The largest absolute Gasteiger partial charge is 0.507 e. The Morgan fingerprint density at radius 2 is 1.66 bits per heavy atom. The van der Waals surface area contributed by atoms with Crippen LogP contribution in [-0.4, -0.2) is 84.0 Å². The average molecular weight is 911 g/mol. The summed E-state index contributed by atoms with van der Waals surface area (Å²) < 4.78 is 6.04. The zero-order chi connectivity index (χ0) is 45.7. The molecule has 2 saturated heterocycles. The lowest BCUT2D eigenvalue weighted by Crippen LogP contribution is -2.48. The number of anilines is 1. The molecule has 2 aliphatic rings. The van der Waals surface area contributed by atoms with Crippen LogP contribution in [0.3, 0.4) is 0 Å². The predicted octanol–water partition coefficient (Wildman–Crippen LogP) is 9.43. The van der Waals surface area contributed by atoms with Crippen molar-refractivity contribution in [2.75, 3.05) is 24.5 Å². The lowest BCUT2D eigenvalue weighted by molar-refractivity contribution is -0.141. The maximum Gasteiger partial charge on any atom is 0.243 e. The second-order valence-electron chi connectivity index (χ2n) is 17.9. The zero-order valence-electron chi connectivity index (χ0n) is 37.7. The summed E-state index contributed by atoms with van der Waals surface area (Å²) in [6.07, 6.45) is 1.27. The molecule has 2 aromatic carbocycles. The first-order chi connectivity index (χ1) is 31.3. The van der Waals surface area contributed by atoms with Crippen LogP contribution in [0.5, 0.6) is 5.75 Å². The molecule has 9 rings (SSSR count). The Morgan fingerprint density at radius 3 is 2.35 bits per heavy atom. The number of pyridine rings is 1. The summed E-state index contributed by atoms with van der Waals surface area (Å²) in [5.41, 5.74) is 10.4. The van der Waals surface area contributed by atoms with Crippen molar-refractivity contribution in [3.05, 3.63) is 111 Å². The van der Waals surface area contributed by atoms with Gasteiger partial charge in [0.1, 0.15) is 34.1 Å². The molecular weight excluding hydrogens is 857 g/mol. The van der Waals surface area contributed by atoms with Gasteiger partial charge in [0.25, 0.3) is 0 Å². The number of fused-ring (bicyclic) bond motifs is 1. The van der Waals surface area contributed by atoms with E-state index in [1.54, 1.807) is 34.8 Å². The first-order valence-electron chi connectivity index (χ1n) is 22.3. The van der Waals surface area contributed by atoms with E-state index in [9.17, 15) is 19.8 Å². The van der Waals surface area contributed by atoms with Crippen LogP contribution in [0.2, 0.25) is 0 Å². The first-order valence-corrected chi connectivity index (χ1v) is 24.0. The molecule has 2 fully saturated rings. The van der Waals surface area contributed by atoms with E-state index in [0.29, 0.717) is 28.6 Å². The van der Waals surface area contributed by atoms with Crippen molar-refractivity contribution in [1.82, 2.24) is 35.5 Å². The van der Waals surface area contributed by atoms with Crippen LogP contribution in [-0.2, 0) is 9.59 Å². The number of thiazole rings is 1. The highest BCUT2D eigenvalue weighted by molar-refractivity contribution is 7.19. The number of aliphatic hydroxyl groups is 1. The van der Waals surface area contributed by atoms with Gasteiger partial charge in [-0.1, -0.05) is 55.4 Å². The number of aromatic nitrogens is 5. The Morgan fingerprint density at radius 1 is 0.908 bits per heavy atom. The Hall–Kier alpha value is -6.03. The van der Waals surface area contributed by atoms with Gasteiger partial charge in [0.2, 0.25) is 11.8 Å². The van der Waals surface area contributed by atoms with E-state index in [1.807, 2.05) is 102 Å². The van der Waals surface area contributed by atoms with E-state index in [2.05, 4.69) is 37.5 Å². The number of hydrogen-bond acceptors (Lipinski definition) is 13. The molecule has 65 heavy (non-hydrogen) atoms. The Balaban J connectivity index is 0.864. The van der Waals surface area contributed by atoms with E-state index in [4.69, 9.17) is 9.51 Å². The first kappa shape index (κ1) is 44.2. The van der Waals surface area contributed by atoms with E-state index < -0.39 is 18.1 Å². The number of phenols is 1. The molecule has 2 amide bonds. The van der Waals surface area contributed by atoms with Crippen LogP contribution in [0.4, 0.5) is 5.82 Å². The molecule has 0 aliphatic carbocycles. The van der Waals surface area contributed by atoms with Gasteiger partial charge in [0, 0.05) is 58.7 Å². The summed E-state index contributed by atoms with van der Waals surface area (Å²) >= 11 is 3.31. The third kappa shape index (κ3) is 8.52. The third-order valence-electron chi connectivity index (χ3n) is 13.3. The predicted molar refractivity (Wildman–Crippen MR) is 255 cm³/mol. The molecule has 7 aromatic rings. The number of piperidine rings is 1. The van der Waals surface area contributed by atoms with Crippen molar-refractivity contribution in [3.8, 4) is 38.7 Å². The number of amides is 2. The van der Waals surface area contributed by atoms with Gasteiger partial charge in [-0.2, -0.15) is 0 Å². The number of benzene rings is 2. The van der Waals surface area contributed by atoms with Gasteiger partial charge in [0.15, 0.2) is 5.76 Å². The Labute approximate surface area is 386 Å². The number of phenolic OH excluding ortho intramolecular Hbond substituents is 1. The van der Waals surface area contributed by atoms with Crippen molar-refractivity contribution in [2.45, 2.75) is 97.8 Å². The number of para-hydroxylation sites is 1. The number of β-amino-alcohol motifs (C(OH)–C–C–N with tert-alkyl or cyclic N) is 1. The van der Waals surface area contributed by atoms with Crippen LogP contribution >= 0.6 is 22.7 Å². The summed E-state index contributed by atoms with van der Waals surface area (Å²) in [4.78, 5) is 45.0. The lowest BCUT2D eigenvalue weighted by Gasteiger charge is -2.33. The SMILES string of the molecule is Cc1nc(N2CCC(c3sc4nnc(-c5ccccc5O)cc4c3C)CC2)ccc1-c1noc([C@H](C(=O)N2C[C@H](O)C[C@H]2C(=O)N[C@@H](C)c2ccc(-c3scnc3C)cc2)C(C)C)c1C. The molecule has 0 saturated carbocycles. The quantitative estimate of drug-likeness (QED) is 0.113. The second-order valence-corrected chi connectivity index (χ2v) is 19.8. The smallest absolute Gasteiger partial charge is 0.243 e. The van der Waals surface area contributed by atoms with Crippen LogP contribution in [0, 0.1) is 33.6 Å².